The highest BCUT2D eigenvalue weighted by Crippen LogP contribution is 2.36. The summed E-state index contributed by atoms with van der Waals surface area (Å²) in [7, 11) is 0. The lowest BCUT2D eigenvalue weighted by Gasteiger charge is -2.25. The van der Waals surface area contributed by atoms with Crippen LogP contribution in [0.5, 0.6) is 0 Å². The molecule has 0 saturated heterocycles. The topological polar surface area (TPSA) is 95.3 Å². The van der Waals surface area contributed by atoms with Crippen molar-refractivity contribution in [3.05, 3.63) is 265 Å². The van der Waals surface area contributed by atoms with E-state index in [0.717, 1.165) is 56.4 Å². The third-order valence-electron chi connectivity index (χ3n) is 11.5. The van der Waals surface area contributed by atoms with Gasteiger partial charge in [-0.2, -0.15) is 0 Å². The summed E-state index contributed by atoms with van der Waals surface area (Å²) in [6.45, 7) is 0. The molecule has 0 unspecified atom stereocenters. The number of nitrogens with zero attached hydrogens (tertiary/aromatic N) is 6. The number of benzene rings is 6. The Bertz CT molecular complexity index is 3320. The summed E-state index contributed by atoms with van der Waals surface area (Å²) < 4.78 is 0. The first-order chi connectivity index (χ1) is 34.0. The minimum Gasteiger partial charge on any atom is -0.478 e. The van der Waals surface area contributed by atoms with Crippen LogP contribution in [0.4, 0.5) is 34.1 Å². The van der Waals surface area contributed by atoms with Crippen LogP contribution >= 0.6 is 0 Å². The predicted octanol–water partition coefficient (Wildman–Crippen LogP) is 15.2. The molecule has 330 valence electrons. The van der Waals surface area contributed by atoms with Gasteiger partial charge in [0.25, 0.3) is 0 Å². The molecule has 0 radical (unpaired) electrons. The molecule has 6 aromatic carbocycles. The maximum Gasteiger partial charge on any atom is 0.335 e. The molecule has 0 amide bonds. The van der Waals surface area contributed by atoms with E-state index in [9.17, 15) is 9.90 Å². The standard InChI is InChI=1S/C61H44N6O2/c68-61(69)48-37-39-63-58(43-48)55-22-13-23-56(64-55)59-41-47(27-25-45-30-34-54(35-31-45)67(51-18-9-3-10-19-51)52-20-11-4-12-21-52)42-60(65-59)57-40-46(36-38-62-57)26-24-44-28-32-53(33-29-44)66(49-14-5-1-6-15-49)50-16-7-2-8-17-50/h1-43H,(H,68,69)/b26-24+,27-25+. The third kappa shape index (κ3) is 10.3. The fraction of sp³-hybridized carbons (Fsp3) is 0. The third-order valence-corrected chi connectivity index (χ3v) is 11.5. The molecule has 0 spiro atoms. The predicted molar refractivity (Wildman–Crippen MR) is 281 cm³/mol. The summed E-state index contributed by atoms with van der Waals surface area (Å²) in [6, 6.07) is 75.1. The Morgan fingerprint density at radius 1 is 0.333 bits per heavy atom. The summed E-state index contributed by atoms with van der Waals surface area (Å²) in [5.41, 5.74) is 14.1. The Hall–Kier alpha value is -9.53. The Morgan fingerprint density at radius 3 is 1.17 bits per heavy atom. The van der Waals surface area contributed by atoms with Crippen LogP contribution in [0.3, 0.4) is 0 Å². The van der Waals surface area contributed by atoms with Crippen LogP contribution in [0.15, 0.2) is 237 Å². The van der Waals surface area contributed by atoms with Crippen molar-refractivity contribution in [3.8, 4) is 34.2 Å². The van der Waals surface area contributed by atoms with E-state index in [0.29, 0.717) is 34.2 Å². The fourth-order valence-corrected chi connectivity index (χ4v) is 8.08. The van der Waals surface area contributed by atoms with Crippen molar-refractivity contribution in [1.82, 2.24) is 19.9 Å². The van der Waals surface area contributed by atoms with Crippen molar-refractivity contribution in [2.45, 2.75) is 0 Å². The van der Waals surface area contributed by atoms with Gasteiger partial charge in [0.1, 0.15) is 0 Å². The SMILES string of the molecule is O=C(O)c1ccnc(-c2cccc(-c3cc(/C=C/c4ccc(N(c5ccccc5)c5ccccc5)cc4)cc(-c4cc(/C=C/c5ccc(N(c6ccccc6)c6ccccc6)cc5)ccn4)n3)n2)c1. The largest absolute Gasteiger partial charge is 0.478 e. The zero-order valence-electron chi connectivity index (χ0n) is 37.4. The second-order valence-corrected chi connectivity index (χ2v) is 16.2. The molecule has 4 aromatic heterocycles. The molecule has 0 aliphatic heterocycles. The molecule has 69 heavy (non-hydrogen) atoms. The van der Waals surface area contributed by atoms with E-state index in [-0.39, 0.29) is 5.56 Å². The van der Waals surface area contributed by atoms with Gasteiger partial charge in [-0.05, 0) is 144 Å². The van der Waals surface area contributed by atoms with E-state index in [1.54, 1.807) is 6.20 Å². The van der Waals surface area contributed by atoms with E-state index < -0.39 is 5.97 Å². The zero-order valence-corrected chi connectivity index (χ0v) is 37.4. The summed E-state index contributed by atoms with van der Waals surface area (Å²) >= 11 is 0. The van der Waals surface area contributed by atoms with Crippen LogP contribution in [0, 0.1) is 0 Å². The Kier molecular flexibility index (Phi) is 12.8. The molecular weight excluding hydrogens is 849 g/mol. The van der Waals surface area contributed by atoms with Crippen molar-refractivity contribution in [1.29, 1.82) is 0 Å². The first kappa shape index (κ1) is 43.4. The molecule has 0 bridgehead atoms. The first-order valence-electron chi connectivity index (χ1n) is 22.5. The smallest absolute Gasteiger partial charge is 0.335 e. The van der Waals surface area contributed by atoms with Gasteiger partial charge in [-0.25, -0.2) is 14.8 Å². The Morgan fingerprint density at radius 2 is 0.696 bits per heavy atom. The van der Waals surface area contributed by atoms with E-state index >= 15 is 0 Å². The van der Waals surface area contributed by atoms with Crippen LogP contribution in [-0.2, 0) is 0 Å². The highest BCUT2D eigenvalue weighted by Gasteiger charge is 2.15. The molecule has 0 saturated carbocycles. The Labute approximate surface area is 401 Å². The second-order valence-electron chi connectivity index (χ2n) is 16.2. The van der Waals surface area contributed by atoms with Crippen LogP contribution in [0.25, 0.3) is 58.5 Å². The monoisotopic (exact) mass is 892 g/mol. The molecule has 0 atom stereocenters. The number of anilines is 6. The molecule has 0 fully saturated rings. The van der Waals surface area contributed by atoms with Gasteiger partial charge in [-0.3, -0.25) is 9.97 Å². The number of carboxylic acids is 1. The van der Waals surface area contributed by atoms with Crippen molar-refractivity contribution >= 4 is 64.4 Å². The number of aromatic nitrogens is 4. The molecule has 8 heteroatoms. The van der Waals surface area contributed by atoms with Gasteiger partial charge in [0.15, 0.2) is 0 Å². The molecular formula is C61H44N6O2. The lowest BCUT2D eigenvalue weighted by molar-refractivity contribution is 0.0696. The van der Waals surface area contributed by atoms with Gasteiger partial charge in [0, 0.05) is 46.5 Å². The van der Waals surface area contributed by atoms with Crippen molar-refractivity contribution in [2.24, 2.45) is 0 Å². The quantitative estimate of drug-likeness (QED) is 0.115. The average Bonchev–Trinajstić information content (AvgIpc) is 3.42. The summed E-state index contributed by atoms with van der Waals surface area (Å²) in [6.07, 6.45) is 11.6. The van der Waals surface area contributed by atoms with Crippen LogP contribution in [0.2, 0.25) is 0 Å². The average molecular weight is 893 g/mol. The van der Waals surface area contributed by atoms with Gasteiger partial charge in [0.2, 0.25) is 0 Å². The lowest BCUT2D eigenvalue weighted by Crippen LogP contribution is -2.09. The number of carbonyl (C=O) groups is 1. The van der Waals surface area contributed by atoms with Crippen molar-refractivity contribution in [2.75, 3.05) is 9.80 Å². The molecule has 0 aliphatic carbocycles. The highest BCUT2D eigenvalue weighted by atomic mass is 16.4. The van der Waals surface area contributed by atoms with Gasteiger partial charge in [-0.15, -0.1) is 0 Å². The minimum atomic E-state index is -1.03. The van der Waals surface area contributed by atoms with Gasteiger partial charge >= 0.3 is 5.97 Å². The normalized spacial score (nSPS) is 11.2. The number of hydrogen-bond donors (Lipinski definition) is 1. The molecule has 1 N–H and O–H groups in total. The second kappa shape index (κ2) is 20.3. The van der Waals surface area contributed by atoms with Crippen LogP contribution < -0.4 is 9.80 Å². The Balaban J connectivity index is 0.962. The highest BCUT2D eigenvalue weighted by molar-refractivity contribution is 5.89. The van der Waals surface area contributed by atoms with E-state index in [1.165, 1.54) is 18.3 Å². The summed E-state index contributed by atoms with van der Waals surface area (Å²) in [4.78, 5) is 35.6. The van der Waals surface area contributed by atoms with E-state index in [1.807, 2.05) is 91.0 Å². The molecule has 10 rings (SSSR count). The number of hydrogen-bond acceptors (Lipinski definition) is 7. The number of pyridine rings is 4. The first-order valence-corrected chi connectivity index (χ1v) is 22.5. The van der Waals surface area contributed by atoms with E-state index in [2.05, 4.69) is 160 Å². The van der Waals surface area contributed by atoms with Crippen molar-refractivity contribution < 1.29 is 9.90 Å². The van der Waals surface area contributed by atoms with Gasteiger partial charge < -0.3 is 14.9 Å². The minimum absolute atomic E-state index is 0.135. The van der Waals surface area contributed by atoms with Gasteiger partial charge in [0.05, 0.1) is 39.7 Å². The lowest BCUT2D eigenvalue weighted by atomic mass is 10.1. The molecule has 8 nitrogen and oxygen atoms in total. The number of carboxylic acid groups (broad SMARTS) is 1. The number of aromatic carboxylic acids is 1. The summed E-state index contributed by atoms with van der Waals surface area (Å²) in [5, 5.41) is 9.66. The molecule has 10 aromatic rings. The summed E-state index contributed by atoms with van der Waals surface area (Å²) in [5.74, 6) is -1.03. The van der Waals surface area contributed by atoms with Crippen LogP contribution in [-0.4, -0.2) is 31.0 Å². The van der Waals surface area contributed by atoms with Gasteiger partial charge in [-0.1, -0.05) is 127 Å². The number of rotatable bonds is 14. The maximum absolute atomic E-state index is 11.8. The maximum atomic E-state index is 11.8. The molecule has 0 aliphatic rings. The fourth-order valence-electron chi connectivity index (χ4n) is 8.08. The number of para-hydroxylation sites is 4. The zero-order chi connectivity index (χ0) is 46.8. The van der Waals surface area contributed by atoms with E-state index in [4.69, 9.17) is 15.0 Å². The van der Waals surface area contributed by atoms with Crippen molar-refractivity contribution in [3.63, 3.8) is 0 Å². The molecule has 4 heterocycles. The van der Waals surface area contributed by atoms with Crippen LogP contribution in [0.1, 0.15) is 32.6 Å².